The van der Waals surface area contributed by atoms with Gasteiger partial charge in [0.2, 0.25) is 0 Å². The summed E-state index contributed by atoms with van der Waals surface area (Å²) in [6, 6.07) is 5.94. The maximum Gasteiger partial charge on any atom is 0.255 e. The highest BCUT2D eigenvalue weighted by Gasteiger charge is 2.22. The molecule has 1 aromatic carbocycles. The van der Waals surface area contributed by atoms with Crippen LogP contribution < -0.4 is 15.0 Å². The van der Waals surface area contributed by atoms with Gasteiger partial charge in [0.15, 0.2) is 17.3 Å². The average molecular weight is 407 g/mol. The number of aromatic nitrogens is 4. The van der Waals surface area contributed by atoms with E-state index < -0.39 is 0 Å². The van der Waals surface area contributed by atoms with Gasteiger partial charge < -0.3 is 14.5 Å². The molecule has 0 saturated carbocycles. The van der Waals surface area contributed by atoms with Gasteiger partial charge in [-0.25, -0.2) is 9.97 Å². The van der Waals surface area contributed by atoms with Crippen LogP contribution in [0.3, 0.4) is 0 Å². The molecule has 1 aliphatic heterocycles. The molecule has 3 heterocycles. The van der Waals surface area contributed by atoms with Crippen molar-refractivity contribution in [3.05, 3.63) is 63.5 Å². The summed E-state index contributed by atoms with van der Waals surface area (Å²) in [5, 5.41) is 0. The van der Waals surface area contributed by atoms with Gasteiger partial charge in [-0.2, -0.15) is 0 Å². The van der Waals surface area contributed by atoms with Crippen molar-refractivity contribution in [2.24, 2.45) is 0 Å². The minimum Gasteiger partial charge on any atom is -0.493 e. The normalized spacial score (nSPS) is 13.7. The maximum atomic E-state index is 12.7. The van der Waals surface area contributed by atoms with Gasteiger partial charge in [0.1, 0.15) is 5.69 Å². The molecule has 3 aromatic rings. The first-order chi connectivity index (χ1) is 14.6. The molecule has 0 unspecified atom stereocenters. The predicted octanol–water partition coefficient (Wildman–Crippen LogP) is 2.50. The highest BCUT2D eigenvalue weighted by molar-refractivity contribution is 5.48. The van der Waals surface area contributed by atoms with Crippen LogP contribution in [0.25, 0.3) is 11.5 Å². The van der Waals surface area contributed by atoms with E-state index in [4.69, 9.17) is 9.47 Å². The second kappa shape index (κ2) is 8.62. The minimum absolute atomic E-state index is 0.119. The number of hydrogen-bond donors (Lipinski definition) is 1. The van der Waals surface area contributed by atoms with Crippen molar-refractivity contribution in [2.75, 3.05) is 20.3 Å². The maximum absolute atomic E-state index is 12.7. The molecule has 0 aliphatic carbocycles. The molecule has 0 bridgehead atoms. The number of rotatable bonds is 6. The van der Waals surface area contributed by atoms with Gasteiger partial charge in [-0.1, -0.05) is 6.07 Å². The first-order valence-corrected chi connectivity index (χ1v) is 10.0. The number of ether oxygens (including phenoxy) is 2. The number of fused-ring (bicyclic) bond motifs is 1. The molecule has 0 spiro atoms. The molecule has 0 saturated heterocycles. The molecule has 0 fully saturated rings. The van der Waals surface area contributed by atoms with E-state index in [0.717, 1.165) is 35.0 Å². The van der Waals surface area contributed by atoms with Crippen molar-refractivity contribution in [1.82, 2.24) is 24.8 Å². The summed E-state index contributed by atoms with van der Waals surface area (Å²) in [6.45, 7) is 6.48. The Kier molecular flexibility index (Phi) is 5.76. The van der Waals surface area contributed by atoms with Crippen molar-refractivity contribution in [2.45, 2.75) is 33.4 Å². The van der Waals surface area contributed by atoms with Gasteiger partial charge in [-0.3, -0.25) is 14.7 Å². The van der Waals surface area contributed by atoms with Gasteiger partial charge in [-0.05, 0) is 31.5 Å². The standard InChI is InChI=1S/C22H25N5O3/c1-4-30-20-9-15(5-6-19(20)29-3)12-27-8-7-17-16(13-27)22(28)26-21(25-17)18-11-23-14(2)10-24-18/h5-6,9-11H,4,7-8,12-13H2,1-3H3,(H,25,26,28). The van der Waals surface area contributed by atoms with Gasteiger partial charge in [0.05, 0.1) is 36.9 Å². The zero-order chi connectivity index (χ0) is 21.1. The van der Waals surface area contributed by atoms with Crippen LogP contribution in [0.1, 0.15) is 29.4 Å². The SMILES string of the molecule is CCOc1cc(CN2CCc3nc(-c4cnc(C)cn4)[nH]c(=O)c3C2)ccc1OC. The number of methoxy groups -OCH3 is 1. The molecular formula is C22H25N5O3. The molecule has 0 radical (unpaired) electrons. The van der Waals surface area contributed by atoms with Crippen LogP contribution in [0.2, 0.25) is 0 Å². The third-order valence-corrected chi connectivity index (χ3v) is 5.11. The van der Waals surface area contributed by atoms with E-state index in [9.17, 15) is 4.79 Å². The fourth-order valence-electron chi connectivity index (χ4n) is 3.60. The van der Waals surface area contributed by atoms with Crippen molar-refractivity contribution in [3.63, 3.8) is 0 Å². The smallest absolute Gasteiger partial charge is 0.255 e. The van der Waals surface area contributed by atoms with Crippen LogP contribution in [-0.4, -0.2) is 45.1 Å². The van der Waals surface area contributed by atoms with Crippen LogP contribution >= 0.6 is 0 Å². The Labute approximate surface area is 174 Å². The Hall–Kier alpha value is -3.26. The van der Waals surface area contributed by atoms with Crippen LogP contribution in [0, 0.1) is 6.92 Å². The van der Waals surface area contributed by atoms with Crippen LogP contribution in [0.15, 0.2) is 35.4 Å². The van der Waals surface area contributed by atoms with E-state index in [1.54, 1.807) is 19.5 Å². The van der Waals surface area contributed by atoms with Crippen molar-refractivity contribution < 1.29 is 9.47 Å². The largest absolute Gasteiger partial charge is 0.493 e. The van der Waals surface area contributed by atoms with E-state index in [1.165, 1.54) is 0 Å². The highest BCUT2D eigenvalue weighted by atomic mass is 16.5. The van der Waals surface area contributed by atoms with Crippen molar-refractivity contribution in [1.29, 1.82) is 0 Å². The molecule has 0 amide bonds. The molecule has 156 valence electrons. The Balaban J connectivity index is 1.53. The quantitative estimate of drug-likeness (QED) is 0.671. The van der Waals surface area contributed by atoms with Crippen molar-refractivity contribution in [3.8, 4) is 23.0 Å². The number of nitrogens with one attached hydrogen (secondary N) is 1. The molecule has 2 aromatic heterocycles. The van der Waals surface area contributed by atoms with Crippen LogP contribution in [0.4, 0.5) is 0 Å². The predicted molar refractivity (Wildman–Crippen MR) is 113 cm³/mol. The van der Waals surface area contributed by atoms with E-state index in [-0.39, 0.29) is 5.56 Å². The second-order valence-electron chi connectivity index (χ2n) is 7.26. The summed E-state index contributed by atoms with van der Waals surface area (Å²) < 4.78 is 11.0. The van der Waals surface area contributed by atoms with E-state index in [1.807, 2.05) is 32.0 Å². The summed E-state index contributed by atoms with van der Waals surface area (Å²) in [7, 11) is 1.63. The zero-order valence-electron chi connectivity index (χ0n) is 17.4. The summed E-state index contributed by atoms with van der Waals surface area (Å²) in [4.78, 5) is 31.1. The van der Waals surface area contributed by atoms with Gasteiger partial charge in [0, 0.05) is 32.3 Å². The Morgan fingerprint density at radius 1 is 1.20 bits per heavy atom. The average Bonchev–Trinajstić information content (AvgIpc) is 2.75. The van der Waals surface area contributed by atoms with Crippen LogP contribution in [0.5, 0.6) is 11.5 Å². The third-order valence-electron chi connectivity index (χ3n) is 5.11. The minimum atomic E-state index is -0.119. The Bertz CT molecular complexity index is 1090. The Morgan fingerprint density at radius 3 is 2.80 bits per heavy atom. The molecule has 1 aliphatic rings. The van der Waals surface area contributed by atoms with E-state index >= 15 is 0 Å². The van der Waals surface area contributed by atoms with Crippen LogP contribution in [-0.2, 0) is 19.5 Å². The fourth-order valence-corrected chi connectivity index (χ4v) is 3.60. The van der Waals surface area contributed by atoms with E-state index in [0.29, 0.717) is 43.2 Å². The van der Waals surface area contributed by atoms with Gasteiger partial charge in [-0.15, -0.1) is 0 Å². The van der Waals surface area contributed by atoms with Crippen molar-refractivity contribution >= 4 is 0 Å². The third kappa shape index (κ3) is 4.18. The number of hydrogen-bond acceptors (Lipinski definition) is 7. The fraction of sp³-hybridized carbons (Fsp3) is 0.364. The summed E-state index contributed by atoms with van der Waals surface area (Å²) in [5.41, 5.74) is 3.93. The number of aryl methyl sites for hydroxylation is 1. The number of benzene rings is 1. The lowest BCUT2D eigenvalue weighted by molar-refractivity contribution is 0.241. The molecule has 8 heteroatoms. The monoisotopic (exact) mass is 407 g/mol. The second-order valence-corrected chi connectivity index (χ2v) is 7.26. The zero-order valence-corrected chi connectivity index (χ0v) is 17.4. The molecule has 30 heavy (non-hydrogen) atoms. The molecule has 4 rings (SSSR count). The lowest BCUT2D eigenvalue weighted by atomic mass is 10.1. The molecule has 1 N–H and O–H groups in total. The summed E-state index contributed by atoms with van der Waals surface area (Å²) in [5.74, 6) is 1.92. The number of H-pyrrole nitrogens is 1. The molecule has 0 atom stereocenters. The van der Waals surface area contributed by atoms with E-state index in [2.05, 4.69) is 24.8 Å². The lowest BCUT2D eigenvalue weighted by Gasteiger charge is -2.28. The van der Waals surface area contributed by atoms with Gasteiger partial charge >= 0.3 is 0 Å². The molecular weight excluding hydrogens is 382 g/mol. The first kappa shape index (κ1) is 20.0. The molecule has 8 nitrogen and oxygen atoms in total. The summed E-state index contributed by atoms with van der Waals surface area (Å²) >= 11 is 0. The number of nitrogens with zero attached hydrogens (tertiary/aromatic N) is 4. The number of aromatic amines is 1. The lowest BCUT2D eigenvalue weighted by Crippen LogP contribution is -2.35. The first-order valence-electron chi connectivity index (χ1n) is 10.0. The van der Waals surface area contributed by atoms with Gasteiger partial charge in [0.25, 0.3) is 5.56 Å². The summed E-state index contributed by atoms with van der Waals surface area (Å²) in [6.07, 6.45) is 4.01. The highest BCUT2D eigenvalue weighted by Crippen LogP contribution is 2.29. The Morgan fingerprint density at radius 2 is 2.07 bits per heavy atom. The topological polar surface area (TPSA) is 93.2 Å².